The molecule has 1 aliphatic heterocycles. The number of hydrogen-bond acceptors (Lipinski definition) is 3. The molecule has 0 aromatic heterocycles. The fraction of sp³-hybridized carbons (Fsp3) is 1.00. The average Bonchev–Trinajstić information content (AvgIpc) is 1.86. The van der Waals surface area contributed by atoms with E-state index in [0.717, 1.165) is 12.8 Å². The summed E-state index contributed by atoms with van der Waals surface area (Å²) in [5, 5.41) is 9.56. The SMILES string of the molecule is CC(C)(O)[C@H]1CC[C@H](N)CO1.Cl. The third-order valence-corrected chi connectivity index (χ3v) is 2.10. The fourth-order valence-electron chi connectivity index (χ4n) is 1.33. The van der Waals surface area contributed by atoms with E-state index >= 15 is 0 Å². The highest BCUT2D eigenvalue weighted by molar-refractivity contribution is 5.85. The minimum absolute atomic E-state index is 0. The third kappa shape index (κ3) is 3.27. The first-order valence-electron chi connectivity index (χ1n) is 4.09. The molecule has 0 aromatic carbocycles. The summed E-state index contributed by atoms with van der Waals surface area (Å²) in [6, 6.07) is 0.161. The standard InChI is InChI=1S/C8H17NO2.ClH/c1-8(2,10)7-4-3-6(9)5-11-7;/h6-7,10H,3-5,9H2,1-2H3;1H/t6-,7+;/m0./s1. The lowest BCUT2D eigenvalue weighted by molar-refractivity contribution is -0.112. The van der Waals surface area contributed by atoms with Crippen LogP contribution in [0.15, 0.2) is 0 Å². The highest BCUT2D eigenvalue weighted by Crippen LogP contribution is 2.22. The zero-order chi connectivity index (χ0) is 8.48. The van der Waals surface area contributed by atoms with Crippen LogP contribution in [0.5, 0.6) is 0 Å². The molecule has 3 N–H and O–H groups in total. The van der Waals surface area contributed by atoms with Gasteiger partial charge in [0.2, 0.25) is 0 Å². The van der Waals surface area contributed by atoms with Gasteiger partial charge in [0.1, 0.15) is 0 Å². The fourth-order valence-corrected chi connectivity index (χ4v) is 1.33. The number of ether oxygens (including phenoxy) is 1. The molecule has 1 heterocycles. The molecule has 1 rings (SSSR count). The number of nitrogens with two attached hydrogens (primary N) is 1. The van der Waals surface area contributed by atoms with Crippen LogP contribution < -0.4 is 5.73 Å². The summed E-state index contributed by atoms with van der Waals surface area (Å²) in [6.07, 6.45) is 1.78. The second kappa shape index (κ2) is 4.42. The van der Waals surface area contributed by atoms with Crippen molar-refractivity contribution >= 4 is 12.4 Å². The van der Waals surface area contributed by atoms with Gasteiger partial charge < -0.3 is 15.6 Å². The van der Waals surface area contributed by atoms with Gasteiger partial charge in [-0.25, -0.2) is 0 Å². The molecule has 3 nitrogen and oxygen atoms in total. The van der Waals surface area contributed by atoms with Gasteiger partial charge in [-0.05, 0) is 26.7 Å². The Kier molecular flexibility index (Phi) is 4.48. The maximum atomic E-state index is 9.56. The van der Waals surface area contributed by atoms with Crippen molar-refractivity contribution in [2.75, 3.05) is 6.61 Å². The van der Waals surface area contributed by atoms with Crippen molar-refractivity contribution in [3.63, 3.8) is 0 Å². The molecule has 2 atom stereocenters. The van der Waals surface area contributed by atoms with Crippen LogP contribution in [0.2, 0.25) is 0 Å². The molecular formula is C8H18ClNO2. The first-order chi connectivity index (χ1) is 5.00. The molecule has 0 aliphatic carbocycles. The summed E-state index contributed by atoms with van der Waals surface area (Å²) in [5.41, 5.74) is 4.91. The zero-order valence-corrected chi connectivity index (χ0v) is 8.43. The predicted octanol–water partition coefficient (Wildman–Crippen LogP) is 0.685. The molecule has 0 radical (unpaired) electrons. The largest absolute Gasteiger partial charge is 0.388 e. The topological polar surface area (TPSA) is 55.5 Å². The number of rotatable bonds is 1. The highest BCUT2D eigenvalue weighted by Gasteiger charge is 2.31. The van der Waals surface area contributed by atoms with E-state index in [1.165, 1.54) is 0 Å². The Morgan fingerprint density at radius 1 is 1.42 bits per heavy atom. The van der Waals surface area contributed by atoms with E-state index < -0.39 is 5.60 Å². The van der Waals surface area contributed by atoms with Crippen LogP contribution >= 0.6 is 12.4 Å². The van der Waals surface area contributed by atoms with E-state index in [9.17, 15) is 5.11 Å². The molecule has 0 amide bonds. The van der Waals surface area contributed by atoms with Gasteiger partial charge in [-0.15, -0.1) is 12.4 Å². The molecule has 0 aromatic rings. The van der Waals surface area contributed by atoms with Crippen molar-refractivity contribution in [2.45, 2.75) is 44.4 Å². The number of halogens is 1. The first kappa shape index (κ1) is 12.2. The van der Waals surface area contributed by atoms with E-state index in [0.29, 0.717) is 6.61 Å². The second-order valence-electron chi connectivity index (χ2n) is 3.81. The van der Waals surface area contributed by atoms with Crippen molar-refractivity contribution in [3.05, 3.63) is 0 Å². The summed E-state index contributed by atoms with van der Waals surface area (Å²) >= 11 is 0. The van der Waals surface area contributed by atoms with Crippen LogP contribution in [0.25, 0.3) is 0 Å². The lowest BCUT2D eigenvalue weighted by Crippen LogP contribution is -2.45. The zero-order valence-electron chi connectivity index (χ0n) is 7.62. The van der Waals surface area contributed by atoms with E-state index in [1.807, 2.05) is 0 Å². The van der Waals surface area contributed by atoms with Gasteiger partial charge in [-0.2, -0.15) is 0 Å². The van der Waals surface area contributed by atoms with Gasteiger partial charge in [-0.3, -0.25) is 0 Å². The summed E-state index contributed by atoms with van der Waals surface area (Å²) in [6.45, 7) is 4.12. The molecule has 1 saturated heterocycles. The molecular weight excluding hydrogens is 178 g/mol. The molecule has 4 heteroatoms. The smallest absolute Gasteiger partial charge is 0.0857 e. The van der Waals surface area contributed by atoms with E-state index in [-0.39, 0.29) is 24.6 Å². The van der Waals surface area contributed by atoms with Gasteiger partial charge in [0.25, 0.3) is 0 Å². The molecule has 1 fully saturated rings. The molecule has 0 spiro atoms. The summed E-state index contributed by atoms with van der Waals surface area (Å²) in [7, 11) is 0. The quantitative estimate of drug-likeness (QED) is 0.647. The number of aliphatic hydroxyl groups is 1. The Morgan fingerprint density at radius 2 is 2.00 bits per heavy atom. The number of hydrogen-bond donors (Lipinski definition) is 2. The van der Waals surface area contributed by atoms with Crippen molar-refractivity contribution < 1.29 is 9.84 Å². The van der Waals surface area contributed by atoms with E-state index in [4.69, 9.17) is 10.5 Å². The molecule has 0 bridgehead atoms. The maximum Gasteiger partial charge on any atom is 0.0857 e. The molecule has 74 valence electrons. The lowest BCUT2D eigenvalue weighted by Gasteiger charge is -2.34. The normalized spacial score (nSPS) is 31.0. The Balaban J connectivity index is 0.00000121. The third-order valence-electron chi connectivity index (χ3n) is 2.10. The Morgan fingerprint density at radius 3 is 2.33 bits per heavy atom. The summed E-state index contributed by atoms with van der Waals surface area (Å²) in [4.78, 5) is 0. The second-order valence-corrected chi connectivity index (χ2v) is 3.81. The van der Waals surface area contributed by atoms with Gasteiger partial charge in [0, 0.05) is 6.04 Å². The lowest BCUT2D eigenvalue weighted by atomic mass is 9.93. The first-order valence-corrected chi connectivity index (χ1v) is 4.09. The van der Waals surface area contributed by atoms with E-state index in [1.54, 1.807) is 13.8 Å². The summed E-state index contributed by atoms with van der Waals surface area (Å²) < 4.78 is 5.38. The van der Waals surface area contributed by atoms with Crippen LogP contribution in [-0.4, -0.2) is 29.5 Å². The molecule has 0 unspecified atom stereocenters. The van der Waals surface area contributed by atoms with Crippen molar-refractivity contribution in [1.82, 2.24) is 0 Å². The van der Waals surface area contributed by atoms with Crippen LogP contribution in [0, 0.1) is 0 Å². The minimum Gasteiger partial charge on any atom is -0.388 e. The molecule has 1 aliphatic rings. The van der Waals surface area contributed by atoms with Crippen LogP contribution in [0.4, 0.5) is 0 Å². The maximum absolute atomic E-state index is 9.56. The Hall–Kier alpha value is 0.170. The van der Waals surface area contributed by atoms with E-state index in [2.05, 4.69) is 0 Å². The Labute approximate surface area is 79.7 Å². The minimum atomic E-state index is -0.722. The highest BCUT2D eigenvalue weighted by atomic mass is 35.5. The van der Waals surface area contributed by atoms with Crippen LogP contribution in [0.3, 0.4) is 0 Å². The van der Waals surface area contributed by atoms with Gasteiger partial charge >= 0.3 is 0 Å². The Bertz CT molecular complexity index is 128. The van der Waals surface area contributed by atoms with Gasteiger partial charge in [0.15, 0.2) is 0 Å². The summed E-state index contributed by atoms with van der Waals surface area (Å²) in [5.74, 6) is 0. The predicted molar refractivity (Wildman–Crippen MR) is 50.5 cm³/mol. The molecule has 0 saturated carbocycles. The van der Waals surface area contributed by atoms with Crippen molar-refractivity contribution in [3.8, 4) is 0 Å². The monoisotopic (exact) mass is 195 g/mol. The molecule has 12 heavy (non-hydrogen) atoms. The van der Waals surface area contributed by atoms with Crippen LogP contribution in [0.1, 0.15) is 26.7 Å². The van der Waals surface area contributed by atoms with Gasteiger partial charge in [0.05, 0.1) is 18.3 Å². The van der Waals surface area contributed by atoms with Crippen molar-refractivity contribution in [1.29, 1.82) is 0 Å². The van der Waals surface area contributed by atoms with Crippen molar-refractivity contribution in [2.24, 2.45) is 5.73 Å². The van der Waals surface area contributed by atoms with Crippen LogP contribution in [-0.2, 0) is 4.74 Å². The van der Waals surface area contributed by atoms with Gasteiger partial charge in [-0.1, -0.05) is 0 Å². The average molecular weight is 196 g/mol.